The average molecular weight is 156 g/mol. The molecule has 10 heavy (non-hydrogen) atoms. The molecule has 0 saturated carbocycles. The van der Waals surface area contributed by atoms with Gasteiger partial charge in [0, 0.05) is 17.8 Å². The van der Waals surface area contributed by atoms with Crippen molar-refractivity contribution in [1.29, 1.82) is 5.41 Å². The molecule has 56 valence electrons. The van der Waals surface area contributed by atoms with E-state index >= 15 is 0 Å². The van der Waals surface area contributed by atoms with Crippen molar-refractivity contribution in [3.63, 3.8) is 0 Å². The Kier molecular flexibility index (Phi) is 4.58. The number of hydrogen-bond donors (Lipinski definition) is 1. The molecule has 1 aromatic rings. The third-order valence-electron chi connectivity index (χ3n) is 0.832. The predicted octanol–water partition coefficient (Wildman–Crippen LogP) is 2.16. The smallest absolute Gasteiger partial charge is 0.185 e. The van der Waals surface area contributed by atoms with Crippen LogP contribution in [-0.4, -0.2) is 4.57 Å². The molecule has 0 aliphatic carbocycles. The first-order chi connectivity index (χ1) is 4.84. The molecule has 0 atom stereocenters. The Morgan fingerprint density at radius 3 is 2.50 bits per heavy atom. The van der Waals surface area contributed by atoms with Crippen LogP contribution in [0.5, 0.6) is 0 Å². The second-order valence-corrected chi connectivity index (χ2v) is 2.19. The van der Waals surface area contributed by atoms with Gasteiger partial charge in [-0.15, -0.1) is 11.3 Å². The minimum Gasteiger partial charge on any atom is -0.300 e. The van der Waals surface area contributed by atoms with Gasteiger partial charge >= 0.3 is 0 Å². The van der Waals surface area contributed by atoms with Crippen molar-refractivity contribution < 1.29 is 0 Å². The summed E-state index contributed by atoms with van der Waals surface area (Å²) in [5.74, 6) is 0. The number of rotatable bonds is 1. The molecule has 1 aromatic heterocycles. The fourth-order valence-corrected chi connectivity index (χ4v) is 1.01. The van der Waals surface area contributed by atoms with Crippen LogP contribution in [0.1, 0.15) is 13.8 Å². The fraction of sp³-hybridized carbons (Fsp3) is 0.286. The van der Waals surface area contributed by atoms with Crippen LogP contribution < -0.4 is 4.80 Å². The third-order valence-corrected chi connectivity index (χ3v) is 1.52. The summed E-state index contributed by atoms with van der Waals surface area (Å²) in [6.07, 6.45) is 3.42. The molecule has 1 heterocycles. The zero-order valence-corrected chi connectivity index (χ0v) is 7.11. The van der Waals surface area contributed by atoms with Crippen LogP contribution in [0.15, 0.2) is 18.2 Å². The molecule has 0 bridgehead atoms. The molecule has 1 N–H and O–H groups in total. The van der Waals surface area contributed by atoms with Crippen LogP contribution in [0.2, 0.25) is 0 Å². The zero-order valence-electron chi connectivity index (χ0n) is 6.29. The van der Waals surface area contributed by atoms with Crippen LogP contribution in [0, 0.1) is 5.41 Å². The highest BCUT2D eigenvalue weighted by molar-refractivity contribution is 7.07. The zero-order chi connectivity index (χ0) is 7.98. The van der Waals surface area contributed by atoms with Crippen LogP contribution in [0.3, 0.4) is 0 Å². The number of nitrogens with one attached hydrogen (secondary N) is 1. The van der Waals surface area contributed by atoms with Crippen molar-refractivity contribution in [1.82, 2.24) is 4.57 Å². The third kappa shape index (κ3) is 2.19. The second-order valence-electron chi connectivity index (χ2n) is 1.30. The minimum absolute atomic E-state index is 0.514. The number of thiazole rings is 1. The first kappa shape index (κ1) is 9.17. The van der Waals surface area contributed by atoms with Gasteiger partial charge in [0.15, 0.2) is 4.80 Å². The van der Waals surface area contributed by atoms with E-state index in [1.807, 2.05) is 19.2 Å². The quantitative estimate of drug-likeness (QED) is 0.645. The highest BCUT2D eigenvalue weighted by atomic mass is 32.1. The summed E-state index contributed by atoms with van der Waals surface area (Å²) in [6, 6.07) is 0. The van der Waals surface area contributed by atoms with E-state index in [1.165, 1.54) is 11.3 Å². The SMILES string of the molecule is C=Cn1ccsc1=N.CC. The lowest BCUT2D eigenvalue weighted by Gasteiger charge is -1.83. The molecule has 0 aliphatic rings. The van der Waals surface area contributed by atoms with Gasteiger partial charge in [-0.1, -0.05) is 20.4 Å². The van der Waals surface area contributed by atoms with Gasteiger partial charge in [0.2, 0.25) is 0 Å². The Hall–Kier alpha value is -0.830. The van der Waals surface area contributed by atoms with Crippen molar-refractivity contribution in [2.24, 2.45) is 0 Å². The summed E-state index contributed by atoms with van der Waals surface area (Å²) in [7, 11) is 0. The van der Waals surface area contributed by atoms with Crippen molar-refractivity contribution in [3.8, 4) is 0 Å². The van der Waals surface area contributed by atoms with Gasteiger partial charge in [-0.3, -0.25) is 5.41 Å². The van der Waals surface area contributed by atoms with Crippen molar-refractivity contribution in [2.45, 2.75) is 13.8 Å². The molecule has 1 rings (SSSR count). The van der Waals surface area contributed by atoms with E-state index in [4.69, 9.17) is 5.41 Å². The van der Waals surface area contributed by atoms with E-state index in [0.717, 1.165) is 0 Å². The fourth-order valence-electron chi connectivity index (χ4n) is 0.433. The minimum atomic E-state index is 0.514. The standard InChI is InChI=1S/C5H6N2S.C2H6/c1-2-7-3-4-8-5(7)6;1-2/h2-4,6H,1H2;1-2H3. The Labute approximate surface area is 65.0 Å². The molecule has 2 nitrogen and oxygen atoms in total. The predicted molar refractivity (Wildman–Crippen MR) is 45.9 cm³/mol. The summed E-state index contributed by atoms with van der Waals surface area (Å²) in [5, 5.41) is 9.01. The van der Waals surface area contributed by atoms with Crippen molar-refractivity contribution in [2.75, 3.05) is 0 Å². The maximum absolute atomic E-state index is 7.16. The lowest BCUT2D eigenvalue weighted by Crippen LogP contribution is -2.03. The van der Waals surface area contributed by atoms with Crippen molar-refractivity contribution in [3.05, 3.63) is 23.0 Å². The van der Waals surface area contributed by atoms with Crippen LogP contribution in [0.4, 0.5) is 0 Å². The Morgan fingerprint density at radius 2 is 2.30 bits per heavy atom. The van der Waals surface area contributed by atoms with Gasteiger partial charge in [0.25, 0.3) is 0 Å². The van der Waals surface area contributed by atoms with Gasteiger partial charge in [0.05, 0.1) is 0 Å². The first-order valence-corrected chi connectivity index (χ1v) is 4.05. The summed E-state index contributed by atoms with van der Waals surface area (Å²) in [5.41, 5.74) is 0. The molecule has 0 aromatic carbocycles. The van der Waals surface area contributed by atoms with Gasteiger partial charge in [-0.25, -0.2) is 0 Å². The number of nitrogens with zero attached hydrogens (tertiary/aromatic N) is 1. The van der Waals surface area contributed by atoms with Gasteiger partial charge in [-0.05, 0) is 0 Å². The molecule has 0 fully saturated rings. The average Bonchev–Trinajstić information content (AvgIpc) is 2.39. The summed E-state index contributed by atoms with van der Waals surface area (Å²) >= 11 is 1.39. The summed E-state index contributed by atoms with van der Waals surface area (Å²) in [4.78, 5) is 0.514. The normalized spacial score (nSPS) is 7.80. The molecule has 0 aliphatic heterocycles. The molecular formula is C7H12N2S. The molecule has 3 heteroatoms. The Balaban J connectivity index is 0.000000371. The van der Waals surface area contributed by atoms with E-state index in [2.05, 4.69) is 6.58 Å². The maximum Gasteiger partial charge on any atom is 0.185 e. The Bertz CT molecular complexity index is 234. The molecule has 0 unspecified atom stereocenters. The number of hydrogen-bond acceptors (Lipinski definition) is 2. The van der Waals surface area contributed by atoms with Crippen LogP contribution in [0.25, 0.3) is 6.20 Å². The maximum atomic E-state index is 7.16. The van der Waals surface area contributed by atoms with Gasteiger partial charge in [-0.2, -0.15) is 0 Å². The largest absolute Gasteiger partial charge is 0.300 e. The second kappa shape index (κ2) is 4.99. The topological polar surface area (TPSA) is 28.8 Å². The van der Waals surface area contributed by atoms with E-state index in [-0.39, 0.29) is 0 Å². The first-order valence-electron chi connectivity index (χ1n) is 3.17. The monoisotopic (exact) mass is 156 g/mol. The molecule has 0 amide bonds. The molecular weight excluding hydrogens is 144 g/mol. The lowest BCUT2D eigenvalue weighted by molar-refractivity contribution is 1.04. The lowest BCUT2D eigenvalue weighted by atomic mass is 10.8. The van der Waals surface area contributed by atoms with E-state index in [1.54, 1.807) is 17.0 Å². The Morgan fingerprint density at radius 1 is 1.70 bits per heavy atom. The van der Waals surface area contributed by atoms with Gasteiger partial charge < -0.3 is 4.57 Å². The van der Waals surface area contributed by atoms with E-state index in [9.17, 15) is 0 Å². The molecule has 0 spiro atoms. The number of aromatic nitrogens is 1. The highest BCUT2D eigenvalue weighted by Gasteiger charge is 1.81. The van der Waals surface area contributed by atoms with Crippen LogP contribution >= 0.6 is 11.3 Å². The van der Waals surface area contributed by atoms with E-state index in [0.29, 0.717) is 4.80 Å². The van der Waals surface area contributed by atoms with Crippen molar-refractivity contribution >= 4 is 17.5 Å². The summed E-state index contributed by atoms with van der Waals surface area (Å²) in [6.45, 7) is 7.51. The van der Waals surface area contributed by atoms with Gasteiger partial charge in [0.1, 0.15) is 0 Å². The molecule has 0 radical (unpaired) electrons. The van der Waals surface area contributed by atoms with Crippen LogP contribution in [-0.2, 0) is 0 Å². The molecule has 0 saturated heterocycles. The highest BCUT2D eigenvalue weighted by Crippen LogP contribution is 1.86. The van der Waals surface area contributed by atoms with E-state index < -0.39 is 0 Å². The summed E-state index contributed by atoms with van der Waals surface area (Å²) < 4.78 is 1.66.